The molecule has 0 N–H and O–H groups in total. The van der Waals surface area contributed by atoms with Gasteiger partial charge in [-0.25, -0.2) is 0 Å². The summed E-state index contributed by atoms with van der Waals surface area (Å²) in [7, 11) is 0. The maximum atomic E-state index is 6.04. The lowest BCUT2D eigenvalue weighted by Gasteiger charge is -2.15. The molecule has 0 amide bonds. The molecule has 0 aromatic carbocycles. The second kappa shape index (κ2) is 6.38. The van der Waals surface area contributed by atoms with Gasteiger partial charge in [-0.2, -0.15) is 11.8 Å². The van der Waals surface area contributed by atoms with E-state index in [0.29, 0.717) is 11.3 Å². The van der Waals surface area contributed by atoms with Gasteiger partial charge in [0.1, 0.15) is 5.82 Å². The normalized spacial score (nSPS) is 13.1. The second-order valence-electron chi connectivity index (χ2n) is 3.64. The maximum Gasteiger partial charge on any atom is 0.225 e. The van der Waals surface area contributed by atoms with Crippen LogP contribution in [0.15, 0.2) is 0 Å². The van der Waals surface area contributed by atoms with Crippen LogP contribution in [0.5, 0.6) is 0 Å². The number of nitrogens with zero attached hydrogens (tertiary/aromatic N) is 3. The maximum absolute atomic E-state index is 6.04. The van der Waals surface area contributed by atoms with E-state index in [4.69, 9.17) is 11.6 Å². The van der Waals surface area contributed by atoms with Crippen LogP contribution in [0.4, 0.5) is 0 Å². The molecule has 0 spiro atoms. The first-order valence-electron chi connectivity index (χ1n) is 5.28. The first-order chi connectivity index (χ1) is 7.20. The fourth-order valence-electron chi connectivity index (χ4n) is 1.55. The fourth-order valence-corrected chi connectivity index (χ4v) is 2.43. The highest BCUT2D eigenvalue weighted by Gasteiger charge is 2.14. The van der Waals surface area contributed by atoms with Gasteiger partial charge in [-0.05, 0) is 43.4 Å². The van der Waals surface area contributed by atoms with Crippen LogP contribution in [0.25, 0.3) is 0 Å². The Balaban J connectivity index is 2.75. The fraction of sp³-hybridized carbons (Fsp3) is 0.800. The van der Waals surface area contributed by atoms with Crippen molar-refractivity contribution in [3.63, 3.8) is 0 Å². The molecule has 1 aromatic heterocycles. The average Bonchev–Trinajstić information content (AvgIpc) is 2.57. The van der Waals surface area contributed by atoms with Crippen LogP contribution in [0.1, 0.15) is 38.6 Å². The molecule has 15 heavy (non-hydrogen) atoms. The largest absolute Gasteiger partial charge is 0.299 e. The molecular weight excluding hydrogens is 230 g/mol. The van der Waals surface area contributed by atoms with Crippen molar-refractivity contribution >= 4 is 23.4 Å². The van der Waals surface area contributed by atoms with Gasteiger partial charge in [-0.3, -0.25) is 4.57 Å². The zero-order chi connectivity index (χ0) is 11.3. The van der Waals surface area contributed by atoms with E-state index < -0.39 is 0 Å². The molecule has 1 aromatic rings. The molecule has 0 aliphatic carbocycles. The highest BCUT2D eigenvalue weighted by atomic mass is 35.5. The van der Waals surface area contributed by atoms with Crippen molar-refractivity contribution in [2.45, 2.75) is 39.2 Å². The van der Waals surface area contributed by atoms with Crippen molar-refractivity contribution in [2.24, 2.45) is 0 Å². The molecule has 0 saturated heterocycles. The lowest BCUT2D eigenvalue weighted by atomic mass is 10.2. The monoisotopic (exact) mass is 247 g/mol. The van der Waals surface area contributed by atoms with Gasteiger partial charge in [-0.15, -0.1) is 10.2 Å². The quantitative estimate of drug-likeness (QED) is 0.774. The minimum atomic E-state index is 0.390. The number of aromatic nitrogens is 3. The Bertz CT molecular complexity index is 301. The van der Waals surface area contributed by atoms with Crippen LogP contribution in [-0.2, 0) is 6.42 Å². The lowest BCUT2D eigenvalue weighted by Crippen LogP contribution is -2.10. The SMILES string of the molecule is CCCc1nnc(Cl)n1C(C)CCSC. The molecule has 1 rings (SSSR count). The number of aryl methyl sites for hydroxylation is 1. The minimum absolute atomic E-state index is 0.390. The number of thioether (sulfide) groups is 1. The standard InChI is InChI=1S/C10H18ClN3S/c1-4-5-9-12-13-10(11)14(9)8(2)6-7-15-3/h8H,4-7H2,1-3H3. The predicted molar refractivity (Wildman–Crippen MR) is 66.7 cm³/mol. The number of rotatable bonds is 6. The topological polar surface area (TPSA) is 30.7 Å². The van der Waals surface area contributed by atoms with Gasteiger partial charge in [0.15, 0.2) is 0 Å². The van der Waals surface area contributed by atoms with E-state index in [1.807, 2.05) is 11.8 Å². The van der Waals surface area contributed by atoms with Gasteiger partial charge >= 0.3 is 0 Å². The Morgan fingerprint density at radius 2 is 2.20 bits per heavy atom. The van der Waals surface area contributed by atoms with Crippen LogP contribution in [-0.4, -0.2) is 26.8 Å². The van der Waals surface area contributed by atoms with Gasteiger partial charge in [0.25, 0.3) is 0 Å². The van der Waals surface area contributed by atoms with Crippen LogP contribution in [0, 0.1) is 0 Å². The smallest absolute Gasteiger partial charge is 0.225 e. The van der Waals surface area contributed by atoms with Gasteiger partial charge in [0.05, 0.1) is 0 Å². The van der Waals surface area contributed by atoms with Crippen molar-refractivity contribution in [3.8, 4) is 0 Å². The summed E-state index contributed by atoms with van der Waals surface area (Å²) in [5.41, 5.74) is 0. The summed E-state index contributed by atoms with van der Waals surface area (Å²) >= 11 is 7.89. The molecule has 0 fully saturated rings. The zero-order valence-corrected chi connectivity index (χ0v) is 11.1. The van der Waals surface area contributed by atoms with Crippen molar-refractivity contribution < 1.29 is 0 Å². The summed E-state index contributed by atoms with van der Waals surface area (Å²) in [6.45, 7) is 4.31. The second-order valence-corrected chi connectivity index (χ2v) is 4.96. The summed E-state index contributed by atoms with van der Waals surface area (Å²) in [5, 5.41) is 8.57. The molecule has 0 aliphatic rings. The highest BCUT2D eigenvalue weighted by Crippen LogP contribution is 2.21. The predicted octanol–water partition coefficient (Wildman–Crippen LogP) is 3.20. The summed E-state index contributed by atoms with van der Waals surface area (Å²) in [6.07, 6.45) is 5.25. The Morgan fingerprint density at radius 3 is 2.80 bits per heavy atom. The highest BCUT2D eigenvalue weighted by molar-refractivity contribution is 7.98. The third-order valence-electron chi connectivity index (χ3n) is 2.38. The number of halogens is 1. The van der Waals surface area contributed by atoms with Crippen molar-refractivity contribution in [1.29, 1.82) is 0 Å². The first-order valence-corrected chi connectivity index (χ1v) is 7.06. The first kappa shape index (κ1) is 12.8. The van der Waals surface area contributed by atoms with E-state index in [-0.39, 0.29) is 0 Å². The van der Waals surface area contributed by atoms with E-state index in [9.17, 15) is 0 Å². The van der Waals surface area contributed by atoms with E-state index in [0.717, 1.165) is 30.8 Å². The Hall–Kier alpha value is -0.220. The van der Waals surface area contributed by atoms with Crippen molar-refractivity contribution in [1.82, 2.24) is 14.8 Å². The molecule has 3 nitrogen and oxygen atoms in total. The molecule has 0 aliphatic heterocycles. The Labute approximate surface area is 101 Å². The average molecular weight is 248 g/mol. The molecule has 0 saturated carbocycles. The molecule has 0 radical (unpaired) electrons. The summed E-state index contributed by atoms with van der Waals surface area (Å²) < 4.78 is 2.06. The molecule has 86 valence electrons. The molecular formula is C10H18ClN3S. The van der Waals surface area contributed by atoms with Crippen molar-refractivity contribution in [3.05, 3.63) is 11.1 Å². The van der Waals surface area contributed by atoms with E-state index in [2.05, 4.69) is 34.9 Å². The summed E-state index contributed by atoms with van der Waals surface area (Å²) in [6, 6.07) is 0.390. The van der Waals surface area contributed by atoms with E-state index in [1.165, 1.54) is 0 Å². The van der Waals surface area contributed by atoms with E-state index in [1.54, 1.807) is 0 Å². The molecule has 1 unspecified atom stereocenters. The number of hydrogen-bond donors (Lipinski definition) is 0. The minimum Gasteiger partial charge on any atom is -0.299 e. The van der Waals surface area contributed by atoms with Gasteiger partial charge in [0.2, 0.25) is 5.28 Å². The van der Waals surface area contributed by atoms with E-state index >= 15 is 0 Å². The molecule has 1 atom stereocenters. The zero-order valence-electron chi connectivity index (χ0n) is 9.53. The Kier molecular flexibility index (Phi) is 5.47. The molecule has 5 heteroatoms. The van der Waals surface area contributed by atoms with Gasteiger partial charge in [0, 0.05) is 12.5 Å². The molecule has 0 bridgehead atoms. The van der Waals surface area contributed by atoms with Crippen LogP contribution < -0.4 is 0 Å². The van der Waals surface area contributed by atoms with Crippen LogP contribution >= 0.6 is 23.4 Å². The third-order valence-corrected chi connectivity index (χ3v) is 3.28. The molecule has 1 heterocycles. The summed E-state index contributed by atoms with van der Waals surface area (Å²) in [5.74, 6) is 2.15. The van der Waals surface area contributed by atoms with Gasteiger partial charge < -0.3 is 0 Å². The summed E-state index contributed by atoms with van der Waals surface area (Å²) in [4.78, 5) is 0. The Morgan fingerprint density at radius 1 is 1.47 bits per heavy atom. The van der Waals surface area contributed by atoms with Crippen LogP contribution in [0.3, 0.4) is 0 Å². The van der Waals surface area contributed by atoms with Crippen molar-refractivity contribution in [2.75, 3.05) is 12.0 Å². The third kappa shape index (κ3) is 3.38. The lowest BCUT2D eigenvalue weighted by molar-refractivity contribution is 0.510. The van der Waals surface area contributed by atoms with Crippen LogP contribution in [0.2, 0.25) is 5.28 Å². The number of hydrogen-bond acceptors (Lipinski definition) is 3. The van der Waals surface area contributed by atoms with Gasteiger partial charge in [-0.1, -0.05) is 6.92 Å².